The minimum atomic E-state index is -0.666. The summed E-state index contributed by atoms with van der Waals surface area (Å²) in [4.78, 5) is 74.9. The van der Waals surface area contributed by atoms with E-state index in [9.17, 15) is 28.8 Å². The number of benzene rings is 2. The van der Waals surface area contributed by atoms with Gasteiger partial charge in [0.05, 0.1) is 5.92 Å². The lowest BCUT2D eigenvalue weighted by Gasteiger charge is -2.24. The van der Waals surface area contributed by atoms with Gasteiger partial charge in [-0.15, -0.1) is 0 Å². The number of ether oxygens (including phenoxy) is 6. The second-order valence-electron chi connectivity index (χ2n) is 11.6. The van der Waals surface area contributed by atoms with Gasteiger partial charge in [0, 0.05) is 37.3 Å². The molecule has 2 aromatic rings. The maximum atomic E-state index is 13.4. The maximum Gasteiger partial charge on any atom is 0.330 e. The molecule has 13 heteroatoms. The fourth-order valence-electron chi connectivity index (χ4n) is 4.91. The van der Waals surface area contributed by atoms with E-state index in [1.165, 1.54) is 0 Å². The SMILES string of the molecule is C=CC(=O)OCc1cc(COC(=O)C=C)cc(COC(=O)CCC(CN(CC)CC)C(=O)OCc2cc(COC(=O)C=C)cc(COC(=O)C=C)c2)c1. The Labute approximate surface area is 309 Å². The molecule has 1 unspecified atom stereocenters. The monoisotopic (exact) mass is 733 g/mol. The van der Waals surface area contributed by atoms with E-state index in [0.29, 0.717) is 53.0 Å². The van der Waals surface area contributed by atoms with Crippen LogP contribution in [0.4, 0.5) is 0 Å². The van der Waals surface area contributed by atoms with E-state index in [1.54, 1.807) is 36.4 Å². The van der Waals surface area contributed by atoms with Crippen LogP contribution in [0.2, 0.25) is 0 Å². The normalized spacial score (nSPS) is 11.0. The summed E-state index contributed by atoms with van der Waals surface area (Å²) in [6.45, 7) is 18.5. The molecule has 13 nitrogen and oxygen atoms in total. The predicted octanol–water partition coefficient (Wildman–Crippen LogP) is 5.13. The number of hydrogen-bond donors (Lipinski definition) is 0. The van der Waals surface area contributed by atoms with Crippen molar-refractivity contribution in [1.82, 2.24) is 4.90 Å². The molecule has 0 radical (unpaired) electrons. The number of carbonyl (C=O) groups excluding carboxylic acids is 6. The lowest BCUT2D eigenvalue weighted by molar-refractivity contribution is -0.152. The molecule has 0 aliphatic rings. The molecular weight excluding hydrogens is 686 g/mol. The Balaban J connectivity index is 2.14. The highest BCUT2D eigenvalue weighted by molar-refractivity contribution is 5.82. The third-order valence-corrected chi connectivity index (χ3v) is 7.60. The predicted molar refractivity (Wildman–Crippen MR) is 193 cm³/mol. The van der Waals surface area contributed by atoms with Crippen LogP contribution >= 0.6 is 0 Å². The van der Waals surface area contributed by atoms with Crippen LogP contribution < -0.4 is 0 Å². The van der Waals surface area contributed by atoms with Gasteiger partial charge >= 0.3 is 35.8 Å². The van der Waals surface area contributed by atoms with E-state index in [0.717, 1.165) is 24.3 Å². The molecule has 0 spiro atoms. The second-order valence-corrected chi connectivity index (χ2v) is 11.6. The molecule has 1 atom stereocenters. The van der Waals surface area contributed by atoms with E-state index in [-0.39, 0.29) is 52.5 Å². The summed E-state index contributed by atoms with van der Waals surface area (Å²) in [5.41, 5.74) is 3.44. The molecular formula is C40H47NO12. The number of esters is 6. The van der Waals surface area contributed by atoms with Crippen molar-refractivity contribution >= 4 is 35.8 Å². The molecule has 0 bridgehead atoms. The summed E-state index contributed by atoms with van der Waals surface area (Å²) in [5, 5.41) is 0. The van der Waals surface area contributed by atoms with E-state index in [2.05, 4.69) is 26.3 Å². The molecule has 0 aliphatic heterocycles. The fourth-order valence-corrected chi connectivity index (χ4v) is 4.91. The number of rotatable bonds is 24. The standard InChI is InChI=1S/C40H47NO12/c1-7-35(42)48-22-28-15-29(23-49-36(43)8-2)18-32(17-28)26-52-39(46)14-13-34(21-41(11-5)12-6)40(47)53-27-33-19-30(24-50-37(44)9-3)16-31(20-33)25-51-38(45)10-4/h7-10,15-20,34H,1-4,11-14,21-27H2,5-6H3. The Bertz CT molecular complexity index is 1560. The van der Waals surface area contributed by atoms with E-state index in [4.69, 9.17) is 28.4 Å². The van der Waals surface area contributed by atoms with Crippen molar-refractivity contribution in [1.29, 1.82) is 0 Å². The zero-order chi connectivity index (χ0) is 39.2. The fraction of sp³-hybridized carbons (Fsp3) is 0.350. The summed E-state index contributed by atoms with van der Waals surface area (Å²) in [6.07, 6.45) is 4.22. The van der Waals surface area contributed by atoms with Gasteiger partial charge in [-0.25, -0.2) is 19.2 Å². The first-order valence-electron chi connectivity index (χ1n) is 16.9. The Kier molecular flexibility index (Phi) is 19.3. The number of nitrogens with zero attached hydrogens (tertiary/aromatic N) is 1. The lowest BCUT2D eigenvalue weighted by atomic mass is 10.0. The molecule has 53 heavy (non-hydrogen) atoms. The Morgan fingerprint density at radius 2 is 0.830 bits per heavy atom. The summed E-state index contributed by atoms with van der Waals surface area (Å²) < 4.78 is 31.8. The van der Waals surface area contributed by atoms with Crippen molar-refractivity contribution < 1.29 is 57.2 Å². The first-order chi connectivity index (χ1) is 25.4. The largest absolute Gasteiger partial charge is 0.461 e. The van der Waals surface area contributed by atoms with E-state index in [1.807, 2.05) is 18.7 Å². The molecule has 0 saturated carbocycles. The van der Waals surface area contributed by atoms with Gasteiger partial charge < -0.3 is 33.3 Å². The topological polar surface area (TPSA) is 161 Å². The molecule has 0 aromatic heterocycles. The molecule has 0 amide bonds. The van der Waals surface area contributed by atoms with Gasteiger partial charge in [-0.1, -0.05) is 40.2 Å². The average Bonchev–Trinajstić information content (AvgIpc) is 3.18. The first-order valence-corrected chi connectivity index (χ1v) is 16.9. The zero-order valence-corrected chi connectivity index (χ0v) is 30.3. The van der Waals surface area contributed by atoms with Gasteiger partial charge in [0.2, 0.25) is 0 Å². The lowest BCUT2D eigenvalue weighted by Crippen LogP contribution is -2.34. The minimum Gasteiger partial charge on any atom is -0.461 e. The van der Waals surface area contributed by atoms with Crippen molar-refractivity contribution in [3.63, 3.8) is 0 Å². The Hall–Kier alpha value is -5.82. The maximum absolute atomic E-state index is 13.4. The highest BCUT2D eigenvalue weighted by Crippen LogP contribution is 2.19. The van der Waals surface area contributed by atoms with Crippen molar-refractivity contribution in [2.24, 2.45) is 5.92 Å². The van der Waals surface area contributed by atoms with Gasteiger partial charge in [-0.05, 0) is 89.3 Å². The van der Waals surface area contributed by atoms with Crippen molar-refractivity contribution in [2.45, 2.75) is 66.3 Å². The van der Waals surface area contributed by atoms with Crippen LogP contribution in [-0.2, 0) is 96.8 Å². The molecule has 284 valence electrons. The quantitative estimate of drug-likeness (QED) is 0.0795. The molecule has 0 fully saturated rings. The van der Waals surface area contributed by atoms with Gasteiger partial charge in [-0.2, -0.15) is 0 Å². The zero-order valence-electron chi connectivity index (χ0n) is 30.3. The third-order valence-electron chi connectivity index (χ3n) is 7.60. The Morgan fingerprint density at radius 3 is 1.13 bits per heavy atom. The third kappa shape index (κ3) is 16.8. The summed E-state index contributed by atoms with van der Waals surface area (Å²) >= 11 is 0. The van der Waals surface area contributed by atoms with Gasteiger partial charge in [-0.3, -0.25) is 9.59 Å². The minimum absolute atomic E-state index is 0.0789. The summed E-state index contributed by atoms with van der Waals surface area (Å²) in [6, 6.07) is 10.2. The molecule has 0 heterocycles. The molecule has 0 saturated heterocycles. The second kappa shape index (κ2) is 23.6. The first kappa shape index (κ1) is 43.3. The van der Waals surface area contributed by atoms with Crippen molar-refractivity contribution in [3.05, 3.63) is 120 Å². The van der Waals surface area contributed by atoms with Crippen LogP contribution in [0.5, 0.6) is 0 Å². The van der Waals surface area contributed by atoms with Crippen LogP contribution in [0.1, 0.15) is 60.1 Å². The van der Waals surface area contributed by atoms with Crippen LogP contribution in [0, 0.1) is 5.92 Å². The smallest absolute Gasteiger partial charge is 0.330 e. The molecule has 2 rings (SSSR count). The molecule has 0 N–H and O–H groups in total. The van der Waals surface area contributed by atoms with Crippen LogP contribution in [-0.4, -0.2) is 60.4 Å². The van der Waals surface area contributed by atoms with Gasteiger partial charge in [0.15, 0.2) is 0 Å². The summed E-state index contributed by atoms with van der Waals surface area (Å²) in [7, 11) is 0. The van der Waals surface area contributed by atoms with Gasteiger partial charge in [0.1, 0.15) is 39.6 Å². The Morgan fingerprint density at radius 1 is 0.528 bits per heavy atom. The van der Waals surface area contributed by atoms with Gasteiger partial charge in [0.25, 0.3) is 0 Å². The van der Waals surface area contributed by atoms with Crippen molar-refractivity contribution in [2.75, 3.05) is 19.6 Å². The highest BCUT2D eigenvalue weighted by Gasteiger charge is 2.24. The van der Waals surface area contributed by atoms with Crippen molar-refractivity contribution in [3.8, 4) is 0 Å². The van der Waals surface area contributed by atoms with Crippen LogP contribution in [0.25, 0.3) is 0 Å². The molecule has 2 aromatic carbocycles. The molecule has 0 aliphatic carbocycles. The van der Waals surface area contributed by atoms with E-state index < -0.39 is 41.7 Å². The summed E-state index contributed by atoms with van der Waals surface area (Å²) in [5.74, 6) is -4.20. The highest BCUT2D eigenvalue weighted by atomic mass is 16.6. The van der Waals surface area contributed by atoms with Crippen LogP contribution in [0.3, 0.4) is 0 Å². The average molecular weight is 734 g/mol. The van der Waals surface area contributed by atoms with Crippen LogP contribution in [0.15, 0.2) is 87.0 Å². The number of hydrogen-bond acceptors (Lipinski definition) is 13. The number of carbonyl (C=O) groups is 6. The van der Waals surface area contributed by atoms with E-state index >= 15 is 0 Å².